The van der Waals surface area contributed by atoms with E-state index in [9.17, 15) is 9.18 Å². The lowest BCUT2D eigenvalue weighted by Gasteiger charge is -2.29. The first kappa shape index (κ1) is 25.5. The van der Waals surface area contributed by atoms with Crippen molar-refractivity contribution in [2.75, 3.05) is 6.61 Å². The third-order valence-corrected chi connectivity index (χ3v) is 7.33. The summed E-state index contributed by atoms with van der Waals surface area (Å²) in [5, 5.41) is 0. The SMILES string of the molecule is CCCCCC1CCC(c2ccc(CCCC(=O)c3ccc(OCC)c(F)c3C)cc2)CC1. The number of benzene rings is 2. The van der Waals surface area contributed by atoms with Gasteiger partial charge in [0.1, 0.15) is 0 Å². The molecule has 0 atom stereocenters. The van der Waals surface area contributed by atoms with Crippen molar-refractivity contribution >= 4 is 5.78 Å². The van der Waals surface area contributed by atoms with Crippen LogP contribution in [0, 0.1) is 18.7 Å². The summed E-state index contributed by atoms with van der Waals surface area (Å²) in [7, 11) is 0. The standard InChI is InChI=1S/C30H41FO2/c1-4-6-7-9-23-12-16-25(17-13-23)26-18-14-24(15-19-26)10-8-11-28(32)27-20-21-29(33-5-2)30(31)22(27)3/h14-15,18-21,23,25H,4-13,16-17H2,1-3H3. The highest BCUT2D eigenvalue weighted by molar-refractivity contribution is 5.97. The fourth-order valence-electron chi connectivity index (χ4n) is 5.24. The molecule has 3 rings (SSSR count). The zero-order valence-electron chi connectivity index (χ0n) is 20.8. The van der Waals surface area contributed by atoms with Crippen LogP contribution in [0.2, 0.25) is 0 Å². The van der Waals surface area contributed by atoms with Gasteiger partial charge in [-0.3, -0.25) is 4.79 Å². The summed E-state index contributed by atoms with van der Waals surface area (Å²) in [5.41, 5.74) is 3.60. The van der Waals surface area contributed by atoms with Crippen molar-refractivity contribution in [2.24, 2.45) is 5.92 Å². The minimum absolute atomic E-state index is 0.00163. The predicted molar refractivity (Wildman–Crippen MR) is 135 cm³/mol. The van der Waals surface area contributed by atoms with Gasteiger partial charge in [0.15, 0.2) is 17.3 Å². The van der Waals surface area contributed by atoms with Gasteiger partial charge >= 0.3 is 0 Å². The highest BCUT2D eigenvalue weighted by Gasteiger charge is 2.22. The molecule has 33 heavy (non-hydrogen) atoms. The van der Waals surface area contributed by atoms with Crippen molar-refractivity contribution < 1.29 is 13.9 Å². The van der Waals surface area contributed by atoms with Crippen LogP contribution in [0.5, 0.6) is 5.75 Å². The number of hydrogen-bond donors (Lipinski definition) is 0. The van der Waals surface area contributed by atoms with Crippen LogP contribution in [0.4, 0.5) is 4.39 Å². The van der Waals surface area contributed by atoms with Gasteiger partial charge in [-0.1, -0.05) is 56.9 Å². The minimum atomic E-state index is -0.423. The number of carbonyl (C=O) groups excluding carboxylic acids is 1. The van der Waals surface area contributed by atoms with E-state index in [1.807, 2.05) is 6.92 Å². The molecule has 1 aliphatic carbocycles. The number of rotatable bonds is 12. The largest absolute Gasteiger partial charge is 0.491 e. The van der Waals surface area contributed by atoms with E-state index in [0.29, 0.717) is 30.1 Å². The van der Waals surface area contributed by atoms with Crippen LogP contribution < -0.4 is 4.74 Å². The summed E-state index contributed by atoms with van der Waals surface area (Å²) >= 11 is 0. The third-order valence-electron chi connectivity index (χ3n) is 7.33. The molecule has 0 heterocycles. The monoisotopic (exact) mass is 452 g/mol. The van der Waals surface area contributed by atoms with Crippen molar-refractivity contribution in [3.8, 4) is 5.75 Å². The zero-order chi connectivity index (χ0) is 23.6. The number of aryl methyl sites for hydroxylation is 1. The summed E-state index contributed by atoms with van der Waals surface area (Å²) < 4.78 is 19.7. The second kappa shape index (κ2) is 12.9. The van der Waals surface area contributed by atoms with E-state index in [4.69, 9.17) is 4.74 Å². The fraction of sp³-hybridized carbons (Fsp3) is 0.567. The molecule has 0 aliphatic heterocycles. The van der Waals surface area contributed by atoms with E-state index in [-0.39, 0.29) is 11.5 Å². The van der Waals surface area contributed by atoms with Crippen molar-refractivity contribution in [1.29, 1.82) is 0 Å². The van der Waals surface area contributed by atoms with Crippen molar-refractivity contribution in [2.45, 2.75) is 97.3 Å². The normalized spacial score (nSPS) is 18.3. The molecule has 0 bridgehead atoms. The molecule has 1 aliphatic rings. The Morgan fingerprint density at radius 3 is 2.36 bits per heavy atom. The second-order valence-corrected chi connectivity index (χ2v) is 9.71. The molecule has 2 nitrogen and oxygen atoms in total. The molecule has 2 aromatic carbocycles. The number of ketones is 1. The maximum atomic E-state index is 14.4. The summed E-state index contributed by atoms with van der Waals surface area (Å²) in [6.45, 7) is 6.16. The first-order chi connectivity index (χ1) is 16.0. The Labute approximate surface area is 199 Å². The van der Waals surface area contributed by atoms with Gasteiger partial charge in [-0.25, -0.2) is 4.39 Å². The number of Topliss-reactive ketones (excluding diaryl/α,β-unsaturated/α-hetero) is 1. The molecule has 2 aromatic rings. The van der Waals surface area contributed by atoms with Gasteiger partial charge in [0.25, 0.3) is 0 Å². The Balaban J connectivity index is 1.45. The van der Waals surface area contributed by atoms with Crippen LogP contribution in [0.3, 0.4) is 0 Å². The van der Waals surface area contributed by atoms with Gasteiger partial charge in [0.2, 0.25) is 0 Å². The smallest absolute Gasteiger partial charge is 0.168 e. The van der Waals surface area contributed by atoms with Crippen LogP contribution >= 0.6 is 0 Å². The Bertz CT molecular complexity index is 879. The summed E-state index contributed by atoms with van der Waals surface area (Å²) in [6, 6.07) is 12.3. The van der Waals surface area contributed by atoms with Crippen molar-refractivity contribution in [3.05, 3.63) is 64.5 Å². The van der Waals surface area contributed by atoms with E-state index >= 15 is 0 Å². The lowest BCUT2D eigenvalue weighted by Crippen LogP contribution is -2.13. The molecule has 0 radical (unpaired) electrons. The van der Waals surface area contributed by atoms with Crippen molar-refractivity contribution in [1.82, 2.24) is 0 Å². The molecule has 0 spiro atoms. The fourth-order valence-corrected chi connectivity index (χ4v) is 5.24. The molecule has 180 valence electrons. The molecule has 1 fully saturated rings. The minimum Gasteiger partial charge on any atom is -0.491 e. The lowest BCUT2D eigenvalue weighted by atomic mass is 9.77. The van der Waals surface area contributed by atoms with Crippen LogP contribution in [0.25, 0.3) is 0 Å². The van der Waals surface area contributed by atoms with Crippen LogP contribution in [0.1, 0.15) is 111 Å². The van der Waals surface area contributed by atoms with E-state index in [1.165, 1.54) is 62.5 Å². The van der Waals surface area contributed by atoms with Gasteiger partial charge in [-0.2, -0.15) is 0 Å². The van der Waals surface area contributed by atoms with Gasteiger partial charge in [0.05, 0.1) is 6.61 Å². The van der Waals surface area contributed by atoms with E-state index in [1.54, 1.807) is 19.1 Å². The Kier molecular flexibility index (Phi) is 9.96. The molecular formula is C30H41FO2. The topological polar surface area (TPSA) is 26.3 Å². The quantitative estimate of drug-likeness (QED) is 0.238. The number of ether oxygens (including phenoxy) is 1. The Hall–Kier alpha value is -2.16. The molecule has 0 amide bonds. The molecule has 0 N–H and O–H groups in total. The predicted octanol–water partition coefficient (Wildman–Crippen LogP) is 8.59. The van der Waals surface area contributed by atoms with Gasteiger partial charge in [0, 0.05) is 12.0 Å². The number of carbonyl (C=O) groups is 1. The average Bonchev–Trinajstić information content (AvgIpc) is 2.83. The molecule has 0 aromatic heterocycles. The molecular weight excluding hydrogens is 411 g/mol. The first-order valence-electron chi connectivity index (χ1n) is 13.1. The highest BCUT2D eigenvalue weighted by Crippen LogP contribution is 2.37. The Morgan fingerprint density at radius 1 is 0.970 bits per heavy atom. The number of halogens is 1. The highest BCUT2D eigenvalue weighted by atomic mass is 19.1. The molecule has 0 unspecified atom stereocenters. The van der Waals surface area contributed by atoms with E-state index in [2.05, 4.69) is 31.2 Å². The number of unbranched alkanes of at least 4 members (excludes halogenated alkanes) is 2. The summed E-state index contributed by atoms with van der Waals surface area (Å²) in [5.74, 6) is 1.45. The maximum Gasteiger partial charge on any atom is 0.168 e. The van der Waals surface area contributed by atoms with Crippen LogP contribution in [-0.2, 0) is 6.42 Å². The van der Waals surface area contributed by atoms with Crippen LogP contribution in [-0.4, -0.2) is 12.4 Å². The van der Waals surface area contributed by atoms with E-state index in [0.717, 1.165) is 18.8 Å². The zero-order valence-corrected chi connectivity index (χ0v) is 20.8. The average molecular weight is 453 g/mol. The second-order valence-electron chi connectivity index (χ2n) is 9.71. The van der Waals surface area contributed by atoms with Crippen molar-refractivity contribution in [3.63, 3.8) is 0 Å². The molecule has 1 saturated carbocycles. The summed E-state index contributed by atoms with van der Waals surface area (Å²) in [6.07, 6.45) is 13.0. The van der Waals surface area contributed by atoms with Gasteiger partial charge in [-0.05, 0) is 93.0 Å². The van der Waals surface area contributed by atoms with Gasteiger partial charge < -0.3 is 4.74 Å². The number of hydrogen-bond acceptors (Lipinski definition) is 2. The van der Waals surface area contributed by atoms with Crippen LogP contribution in [0.15, 0.2) is 36.4 Å². The third kappa shape index (κ3) is 7.16. The Morgan fingerprint density at radius 2 is 1.70 bits per heavy atom. The maximum absolute atomic E-state index is 14.4. The molecule has 3 heteroatoms. The first-order valence-corrected chi connectivity index (χ1v) is 13.1. The lowest BCUT2D eigenvalue weighted by molar-refractivity contribution is 0.0979. The van der Waals surface area contributed by atoms with E-state index < -0.39 is 5.82 Å². The summed E-state index contributed by atoms with van der Waals surface area (Å²) in [4.78, 5) is 12.6. The molecule has 0 saturated heterocycles. The van der Waals surface area contributed by atoms with Gasteiger partial charge in [-0.15, -0.1) is 0 Å².